The lowest BCUT2D eigenvalue weighted by Crippen LogP contribution is -2.38. The second-order valence-electron chi connectivity index (χ2n) is 4.67. The van der Waals surface area contributed by atoms with Gasteiger partial charge in [0.25, 0.3) is 5.91 Å². The van der Waals surface area contributed by atoms with E-state index in [-0.39, 0.29) is 25.1 Å². The zero-order valence-corrected chi connectivity index (χ0v) is 14.2. The van der Waals surface area contributed by atoms with Crippen molar-refractivity contribution in [2.75, 3.05) is 41.5 Å². The van der Waals surface area contributed by atoms with E-state index in [4.69, 9.17) is 9.47 Å². The minimum absolute atomic E-state index is 0.0121. The number of rotatable bonds is 8. The molecule has 0 radical (unpaired) electrons. The summed E-state index contributed by atoms with van der Waals surface area (Å²) < 4.78 is 19.6. The van der Waals surface area contributed by atoms with Crippen molar-refractivity contribution >= 4 is 17.8 Å². The number of amides is 1. The third kappa shape index (κ3) is 4.87. The van der Waals surface area contributed by atoms with Gasteiger partial charge in [0.05, 0.1) is 34.9 Å². The molecule has 8 nitrogen and oxygen atoms in total. The van der Waals surface area contributed by atoms with Crippen LogP contribution in [0.2, 0.25) is 0 Å². The number of nitrogens with zero attached hydrogens (tertiary/aromatic N) is 1. The standard InChI is InChI=1S/C16H21NO7/c1-21-11-6-5-7-12(22-2)15(11)16(20)17(10-14(19)24-4)9-8-13(18)23-3/h5-7H,8-10H2,1-4H3. The molecule has 0 fully saturated rings. The van der Waals surface area contributed by atoms with E-state index in [2.05, 4.69) is 9.47 Å². The van der Waals surface area contributed by atoms with E-state index in [1.54, 1.807) is 18.2 Å². The molecule has 0 bridgehead atoms. The molecule has 0 unspecified atom stereocenters. The van der Waals surface area contributed by atoms with Crippen molar-refractivity contribution < 1.29 is 33.3 Å². The van der Waals surface area contributed by atoms with Gasteiger partial charge in [-0.15, -0.1) is 0 Å². The zero-order valence-electron chi connectivity index (χ0n) is 14.2. The maximum Gasteiger partial charge on any atom is 0.325 e. The minimum Gasteiger partial charge on any atom is -0.496 e. The lowest BCUT2D eigenvalue weighted by atomic mass is 10.1. The lowest BCUT2D eigenvalue weighted by molar-refractivity contribution is -0.143. The first kappa shape index (κ1) is 19.3. The van der Waals surface area contributed by atoms with E-state index in [0.717, 1.165) is 0 Å². The van der Waals surface area contributed by atoms with Crippen LogP contribution in [0, 0.1) is 0 Å². The molecule has 1 rings (SSSR count). The Morgan fingerprint density at radius 1 is 0.917 bits per heavy atom. The topological polar surface area (TPSA) is 91.4 Å². The smallest absolute Gasteiger partial charge is 0.325 e. The van der Waals surface area contributed by atoms with Gasteiger partial charge in [0.1, 0.15) is 23.6 Å². The predicted octanol–water partition coefficient (Wildman–Crippen LogP) is 0.882. The van der Waals surface area contributed by atoms with Gasteiger partial charge in [-0.1, -0.05) is 6.07 Å². The van der Waals surface area contributed by atoms with E-state index in [9.17, 15) is 14.4 Å². The van der Waals surface area contributed by atoms with Crippen LogP contribution in [0.1, 0.15) is 16.8 Å². The van der Waals surface area contributed by atoms with Crippen LogP contribution in [0.5, 0.6) is 11.5 Å². The summed E-state index contributed by atoms with van der Waals surface area (Å²) in [5.74, 6) is -1.02. The summed E-state index contributed by atoms with van der Waals surface area (Å²) >= 11 is 0. The van der Waals surface area contributed by atoms with Gasteiger partial charge < -0.3 is 23.8 Å². The second kappa shape index (κ2) is 9.39. The quantitative estimate of drug-likeness (QED) is 0.649. The van der Waals surface area contributed by atoms with Crippen LogP contribution in [-0.4, -0.2) is 64.3 Å². The maximum atomic E-state index is 12.9. The van der Waals surface area contributed by atoms with Gasteiger partial charge >= 0.3 is 11.9 Å². The normalized spacial score (nSPS) is 9.83. The average Bonchev–Trinajstić information content (AvgIpc) is 2.62. The summed E-state index contributed by atoms with van der Waals surface area (Å²) in [6, 6.07) is 4.88. The van der Waals surface area contributed by atoms with Gasteiger partial charge in [0, 0.05) is 6.54 Å². The van der Waals surface area contributed by atoms with Crippen LogP contribution in [0.3, 0.4) is 0 Å². The average molecular weight is 339 g/mol. The minimum atomic E-state index is -0.609. The Kier molecular flexibility index (Phi) is 7.54. The molecule has 0 aliphatic heterocycles. The monoisotopic (exact) mass is 339 g/mol. The van der Waals surface area contributed by atoms with Gasteiger partial charge in [-0.3, -0.25) is 14.4 Å². The lowest BCUT2D eigenvalue weighted by Gasteiger charge is -2.23. The Balaban J connectivity index is 3.14. The molecule has 132 valence electrons. The molecule has 0 aliphatic carbocycles. The van der Waals surface area contributed by atoms with Crippen LogP contribution >= 0.6 is 0 Å². The van der Waals surface area contributed by atoms with Gasteiger partial charge in [-0.2, -0.15) is 0 Å². The number of carbonyl (C=O) groups is 3. The molecule has 0 heterocycles. The number of hydrogen-bond donors (Lipinski definition) is 0. The van der Waals surface area contributed by atoms with Gasteiger partial charge in [-0.05, 0) is 12.1 Å². The van der Waals surface area contributed by atoms with E-state index in [1.807, 2.05) is 0 Å². The first-order valence-corrected chi connectivity index (χ1v) is 7.12. The molecule has 1 aromatic rings. The SMILES string of the molecule is COC(=O)CCN(CC(=O)OC)C(=O)c1c(OC)cccc1OC. The Morgan fingerprint density at radius 2 is 1.46 bits per heavy atom. The highest BCUT2D eigenvalue weighted by Gasteiger charge is 2.26. The first-order valence-electron chi connectivity index (χ1n) is 7.12. The highest BCUT2D eigenvalue weighted by molar-refractivity contribution is 6.01. The summed E-state index contributed by atoms with van der Waals surface area (Å²) in [7, 11) is 5.31. The number of ether oxygens (including phenoxy) is 4. The van der Waals surface area contributed by atoms with E-state index >= 15 is 0 Å². The Labute approximate surface area is 140 Å². The molecule has 24 heavy (non-hydrogen) atoms. The van der Waals surface area contributed by atoms with Crippen molar-refractivity contribution in [3.8, 4) is 11.5 Å². The first-order chi connectivity index (χ1) is 11.5. The third-order valence-corrected chi connectivity index (χ3v) is 3.29. The van der Waals surface area contributed by atoms with Crippen molar-refractivity contribution in [3.63, 3.8) is 0 Å². The molecule has 0 atom stereocenters. The molecule has 8 heteroatoms. The Bertz CT molecular complexity index is 578. The fourth-order valence-electron chi connectivity index (χ4n) is 2.02. The van der Waals surface area contributed by atoms with Gasteiger partial charge in [0.15, 0.2) is 0 Å². The summed E-state index contributed by atoms with van der Waals surface area (Å²) in [5, 5.41) is 0. The van der Waals surface area contributed by atoms with E-state index < -0.39 is 17.8 Å². The molecule has 0 aliphatic rings. The molecule has 0 saturated heterocycles. The Hall–Kier alpha value is -2.77. The molecule has 0 aromatic heterocycles. The number of hydrogen-bond acceptors (Lipinski definition) is 7. The van der Waals surface area contributed by atoms with Crippen molar-refractivity contribution in [2.45, 2.75) is 6.42 Å². The fourth-order valence-corrected chi connectivity index (χ4v) is 2.02. The summed E-state index contributed by atoms with van der Waals surface area (Å²) in [6.45, 7) is -0.324. The van der Waals surface area contributed by atoms with E-state index in [0.29, 0.717) is 11.5 Å². The largest absolute Gasteiger partial charge is 0.496 e. The predicted molar refractivity (Wildman–Crippen MR) is 84.1 cm³/mol. The van der Waals surface area contributed by atoms with Crippen molar-refractivity contribution in [3.05, 3.63) is 23.8 Å². The molecular weight excluding hydrogens is 318 g/mol. The number of methoxy groups -OCH3 is 4. The molecule has 0 N–H and O–H groups in total. The summed E-state index contributed by atoms with van der Waals surface area (Å²) in [6.07, 6.45) is -0.0588. The molecule has 0 saturated carbocycles. The molecule has 1 aromatic carbocycles. The van der Waals surface area contributed by atoms with Crippen molar-refractivity contribution in [1.82, 2.24) is 4.90 Å². The van der Waals surface area contributed by atoms with Crippen LogP contribution in [0.25, 0.3) is 0 Å². The van der Waals surface area contributed by atoms with Crippen LogP contribution in [-0.2, 0) is 19.1 Å². The molecular formula is C16H21NO7. The number of carbonyl (C=O) groups excluding carboxylic acids is 3. The summed E-state index contributed by atoms with van der Waals surface area (Å²) in [4.78, 5) is 37.0. The second-order valence-corrected chi connectivity index (χ2v) is 4.67. The fraction of sp³-hybridized carbons (Fsp3) is 0.438. The van der Waals surface area contributed by atoms with Gasteiger partial charge in [-0.25, -0.2) is 0 Å². The van der Waals surface area contributed by atoms with Gasteiger partial charge in [0.2, 0.25) is 0 Å². The van der Waals surface area contributed by atoms with Crippen LogP contribution in [0.15, 0.2) is 18.2 Å². The van der Waals surface area contributed by atoms with Crippen molar-refractivity contribution in [2.24, 2.45) is 0 Å². The van der Waals surface area contributed by atoms with E-state index in [1.165, 1.54) is 33.3 Å². The number of benzene rings is 1. The summed E-state index contributed by atoms with van der Waals surface area (Å²) in [5.41, 5.74) is 0.163. The molecule has 1 amide bonds. The van der Waals surface area contributed by atoms with Crippen LogP contribution in [0.4, 0.5) is 0 Å². The highest BCUT2D eigenvalue weighted by Crippen LogP contribution is 2.29. The van der Waals surface area contributed by atoms with Crippen LogP contribution < -0.4 is 9.47 Å². The maximum absolute atomic E-state index is 12.9. The third-order valence-electron chi connectivity index (χ3n) is 3.29. The Morgan fingerprint density at radius 3 is 1.92 bits per heavy atom. The number of esters is 2. The zero-order chi connectivity index (χ0) is 18.1. The van der Waals surface area contributed by atoms with Crippen molar-refractivity contribution in [1.29, 1.82) is 0 Å². The highest BCUT2D eigenvalue weighted by atomic mass is 16.5. The molecule has 0 spiro atoms.